The van der Waals surface area contributed by atoms with Crippen LogP contribution in [0.5, 0.6) is 0 Å². The summed E-state index contributed by atoms with van der Waals surface area (Å²) in [6.45, 7) is 18.6. The maximum atomic E-state index is 10.8. The van der Waals surface area contributed by atoms with Gasteiger partial charge in [0.05, 0.1) is 12.2 Å². The first-order valence-electron chi connectivity index (χ1n) is 12.2. The molecule has 0 radical (unpaired) electrons. The first-order chi connectivity index (χ1) is 12.9. The van der Waals surface area contributed by atoms with Crippen molar-refractivity contribution in [3.05, 3.63) is 0 Å². The molecular weight excluding hydrogens is 344 g/mol. The highest BCUT2D eigenvalue weighted by Gasteiger charge is 2.50. The Morgan fingerprint density at radius 1 is 0.679 bits per heavy atom. The van der Waals surface area contributed by atoms with Crippen molar-refractivity contribution in [2.45, 2.75) is 125 Å². The molecule has 2 rings (SSSR count). The summed E-state index contributed by atoms with van der Waals surface area (Å²) >= 11 is 0. The van der Waals surface area contributed by atoms with Crippen molar-refractivity contribution in [3.63, 3.8) is 0 Å². The van der Waals surface area contributed by atoms with Crippen LogP contribution in [-0.2, 0) is 0 Å². The summed E-state index contributed by atoms with van der Waals surface area (Å²) in [4.78, 5) is 0. The van der Waals surface area contributed by atoms with Gasteiger partial charge in [-0.05, 0) is 91.3 Å². The predicted molar refractivity (Wildman–Crippen MR) is 120 cm³/mol. The molecule has 0 aromatic rings. The fourth-order valence-electron chi connectivity index (χ4n) is 7.18. The highest BCUT2D eigenvalue weighted by molar-refractivity contribution is 5.00. The zero-order valence-corrected chi connectivity index (χ0v) is 20.2. The van der Waals surface area contributed by atoms with E-state index in [9.17, 15) is 10.2 Å². The normalized spacial score (nSPS) is 37.5. The number of rotatable bonds is 5. The van der Waals surface area contributed by atoms with E-state index < -0.39 is 0 Å². The molecule has 0 spiro atoms. The molecular formula is C26H50O2. The molecule has 0 aromatic heterocycles. The van der Waals surface area contributed by atoms with Gasteiger partial charge >= 0.3 is 0 Å². The molecule has 0 heterocycles. The van der Waals surface area contributed by atoms with Gasteiger partial charge < -0.3 is 10.2 Å². The van der Waals surface area contributed by atoms with Crippen molar-refractivity contribution in [2.75, 3.05) is 0 Å². The van der Waals surface area contributed by atoms with Crippen LogP contribution in [0.25, 0.3) is 0 Å². The second kappa shape index (κ2) is 8.96. The molecule has 2 heteroatoms. The molecule has 2 N–H and O–H groups in total. The molecule has 0 bridgehead atoms. The molecule has 2 saturated carbocycles. The zero-order valence-electron chi connectivity index (χ0n) is 20.2. The number of aliphatic hydroxyl groups excluding tert-OH is 2. The lowest BCUT2D eigenvalue weighted by atomic mass is 9.51. The van der Waals surface area contributed by atoms with Crippen LogP contribution in [0.4, 0.5) is 0 Å². The fourth-order valence-corrected chi connectivity index (χ4v) is 7.18. The fraction of sp³-hybridized carbons (Fsp3) is 1.00. The van der Waals surface area contributed by atoms with E-state index in [4.69, 9.17) is 0 Å². The summed E-state index contributed by atoms with van der Waals surface area (Å²) in [5.74, 6) is 2.24. The Morgan fingerprint density at radius 3 is 1.36 bits per heavy atom. The van der Waals surface area contributed by atoms with Crippen LogP contribution in [0.15, 0.2) is 0 Å². The summed E-state index contributed by atoms with van der Waals surface area (Å²) in [5, 5.41) is 21.5. The van der Waals surface area contributed by atoms with E-state index in [0.29, 0.717) is 29.1 Å². The van der Waals surface area contributed by atoms with Crippen molar-refractivity contribution in [3.8, 4) is 0 Å². The monoisotopic (exact) mass is 394 g/mol. The topological polar surface area (TPSA) is 40.5 Å². The third kappa shape index (κ3) is 4.97. The summed E-state index contributed by atoms with van der Waals surface area (Å²) in [7, 11) is 0. The van der Waals surface area contributed by atoms with E-state index >= 15 is 0 Å². The Balaban J connectivity index is 2.33. The minimum atomic E-state index is -0.136. The minimum Gasteiger partial charge on any atom is -0.393 e. The zero-order chi connectivity index (χ0) is 21.3. The van der Waals surface area contributed by atoms with Gasteiger partial charge in [0.2, 0.25) is 0 Å². The van der Waals surface area contributed by atoms with Crippen LogP contribution in [0, 0.1) is 39.9 Å². The van der Waals surface area contributed by atoms with Crippen molar-refractivity contribution in [2.24, 2.45) is 39.9 Å². The van der Waals surface area contributed by atoms with Crippen molar-refractivity contribution in [1.82, 2.24) is 0 Å². The molecule has 2 aliphatic rings. The van der Waals surface area contributed by atoms with Crippen LogP contribution >= 0.6 is 0 Å². The van der Waals surface area contributed by atoms with E-state index in [1.54, 1.807) is 0 Å². The molecule has 6 atom stereocenters. The van der Waals surface area contributed by atoms with Crippen molar-refractivity contribution >= 4 is 0 Å². The summed E-state index contributed by atoms with van der Waals surface area (Å²) in [6, 6.07) is 0. The van der Waals surface area contributed by atoms with Crippen LogP contribution in [-0.4, -0.2) is 22.4 Å². The average molecular weight is 395 g/mol. The first-order valence-corrected chi connectivity index (χ1v) is 12.2. The molecule has 0 amide bonds. The van der Waals surface area contributed by atoms with Gasteiger partial charge in [-0.25, -0.2) is 0 Å². The molecule has 2 aliphatic carbocycles. The van der Waals surface area contributed by atoms with E-state index in [-0.39, 0.29) is 23.0 Å². The highest BCUT2D eigenvalue weighted by Crippen LogP contribution is 2.57. The highest BCUT2D eigenvalue weighted by atomic mass is 16.3. The third-order valence-corrected chi connectivity index (χ3v) is 8.85. The quantitative estimate of drug-likeness (QED) is 0.536. The molecule has 0 aromatic carbocycles. The Labute approximate surface area is 175 Å². The van der Waals surface area contributed by atoms with Gasteiger partial charge in [-0.15, -0.1) is 0 Å². The SMILES string of the molecule is CCCC(CC)(C1CCC(O)C(C(C)(C)C)C1)C1CCC(O)C(C(C)(C)C)C1. The Bertz CT molecular complexity index is 446. The van der Waals surface area contributed by atoms with E-state index in [0.717, 1.165) is 12.8 Å². The maximum absolute atomic E-state index is 10.8. The molecule has 6 unspecified atom stereocenters. The largest absolute Gasteiger partial charge is 0.393 e. The minimum absolute atomic E-state index is 0.136. The Kier molecular flexibility index (Phi) is 7.74. The van der Waals surface area contributed by atoms with E-state index in [1.165, 1.54) is 44.9 Å². The smallest absolute Gasteiger partial charge is 0.0573 e. The maximum Gasteiger partial charge on any atom is 0.0573 e. The van der Waals surface area contributed by atoms with Crippen LogP contribution in [0.2, 0.25) is 0 Å². The summed E-state index contributed by atoms with van der Waals surface area (Å²) < 4.78 is 0. The lowest BCUT2D eigenvalue weighted by Crippen LogP contribution is -2.49. The van der Waals surface area contributed by atoms with Crippen molar-refractivity contribution < 1.29 is 10.2 Å². The molecule has 166 valence electrons. The van der Waals surface area contributed by atoms with Gasteiger partial charge in [0.15, 0.2) is 0 Å². The summed E-state index contributed by atoms with van der Waals surface area (Å²) in [5.41, 5.74) is 0.711. The van der Waals surface area contributed by atoms with Gasteiger partial charge in [-0.3, -0.25) is 0 Å². The van der Waals surface area contributed by atoms with Gasteiger partial charge in [0, 0.05) is 0 Å². The van der Waals surface area contributed by atoms with Crippen LogP contribution in [0.1, 0.15) is 113 Å². The first kappa shape index (κ1) is 24.2. The van der Waals surface area contributed by atoms with Gasteiger partial charge in [-0.2, -0.15) is 0 Å². The van der Waals surface area contributed by atoms with Crippen molar-refractivity contribution in [1.29, 1.82) is 0 Å². The second-order valence-corrected chi connectivity index (χ2v) is 12.4. The lowest BCUT2D eigenvalue weighted by Gasteiger charge is -2.55. The molecule has 2 fully saturated rings. The predicted octanol–water partition coefficient (Wildman–Crippen LogP) is 6.83. The summed E-state index contributed by atoms with van der Waals surface area (Å²) in [6.07, 6.45) is 10.2. The third-order valence-electron chi connectivity index (χ3n) is 8.85. The van der Waals surface area contributed by atoms with Crippen LogP contribution < -0.4 is 0 Å². The van der Waals surface area contributed by atoms with Crippen LogP contribution in [0.3, 0.4) is 0 Å². The van der Waals surface area contributed by atoms with Gasteiger partial charge in [0.25, 0.3) is 0 Å². The number of hydrogen-bond donors (Lipinski definition) is 2. The second-order valence-electron chi connectivity index (χ2n) is 12.4. The molecule has 0 saturated heterocycles. The lowest BCUT2D eigenvalue weighted by molar-refractivity contribution is -0.0931. The van der Waals surface area contributed by atoms with E-state index in [2.05, 4.69) is 55.4 Å². The van der Waals surface area contributed by atoms with E-state index in [1.807, 2.05) is 0 Å². The number of aliphatic hydroxyl groups is 2. The number of hydrogen-bond acceptors (Lipinski definition) is 2. The average Bonchev–Trinajstić information content (AvgIpc) is 2.59. The standard InChI is InChI=1S/C26H50O2/c1-9-15-26(10-2,18-11-13-22(27)20(16-18)24(3,4)5)19-12-14-23(28)21(17-19)25(6,7)8/h18-23,27-28H,9-17H2,1-8H3. The molecule has 0 aliphatic heterocycles. The molecule has 28 heavy (non-hydrogen) atoms. The Morgan fingerprint density at radius 2 is 1.07 bits per heavy atom. The van der Waals surface area contributed by atoms with Gasteiger partial charge in [-0.1, -0.05) is 61.8 Å². The molecule has 2 nitrogen and oxygen atoms in total. The van der Waals surface area contributed by atoms with Gasteiger partial charge in [0.1, 0.15) is 0 Å². The Hall–Kier alpha value is -0.0800.